The topological polar surface area (TPSA) is 52.9 Å². The Bertz CT molecular complexity index is 451. The van der Waals surface area contributed by atoms with Crippen LogP contribution in [0.25, 0.3) is 0 Å². The van der Waals surface area contributed by atoms with E-state index in [9.17, 15) is 9.18 Å². The average Bonchev–Trinajstić information content (AvgIpc) is 2.24. The highest BCUT2D eigenvalue weighted by Gasteiger charge is 1.99. The summed E-state index contributed by atoms with van der Waals surface area (Å²) in [5.41, 5.74) is 0.437. The maximum absolute atomic E-state index is 12.7. The van der Waals surface area contributed by atoms with Gasteiger partial charge in [-0.1, -0.05) is 11.6 Å². The third-order valence-electron chi connectivity index (χ3n) is 1.57. The van der Waals surface area contributed by atoms with E-state index in [0.717, 1.165) is 0 Å². The van der Waals surface area contributed by atoms with E-state index in [2.05, 4.69) is 5.32 Å². The Morgan fingerprint density at radius 2 is 2.33 bits per heavy atom. The average molecular weight is 225 g/mol. The minimum Gasteiger partial charge on any atom is -0.360 e. The predicted octanol–water partition coefficient (Wildman–Crippen LogP) is 2.50. The summed E-state index contributed by atoms with van der Waals surface area (Å²) in [5.74, 6) is -0.526. The highest BCUT2D eigenvalue weighted by atomic mass is 35.5. The molecule has 0 amide bonds. The zero-order valence-corrected chi connectivity index (χ0v) is 8.25. The number of nitrogens with one attached hydrogen (secondary N) is 1. The molecule has 1 aromatic carbocycles. The van der Waals surface area contributed by atoms with Gasteiger partial charge < -0.3 is 5.32 Å². The fraction of sp³-hybridized carbons (Fsp3) is 0. The first-order valence-corrected chi connectivity index (χ1v) is 4.32. The van der Waals surface area contributed by atoms with E-state index in [1.165, 1.54) is 24.4 Å². The van der Waals surface area contributed by atoms with Crippen molar-refractivity contribution in [2.24, 2.45) is 0 Å². The highest BCUT2D eigenvalue weighted by Crippen LogP contribution is 2.19. The lowest BCUT2D eigenvalue weighted by atomic mass is 10.3. The van der Waals surface area contributed by atoms with E-state index < -0.39 is 5.82 Å². The second-order valence-corrected chi connectivity index (χ2v) is 3.01. The molecular formula is C10H6ClFN2O. The second kappa shape index (κ2) is 5.13. The van der Waals surface area contributed by atoms with Gasteiger partial charge >= 0.3 is 0 Å². The van der Waals surface area contributed by atoms with Crippen LogP contribution in [0.2, 0.25) is 5.02 Å². The van der Waals surface area contributed by atoms with E-state index in [-0.39, 0.29) is 10.6 Å². The van der Waals surface area contributed by atoms with Gasteiger partial charge in [0.1, 0.15) is 17.5 Å². The first kappa shape index (κ1) is 11.2. The molecule has 0 fully saturated rings. The minimum absolute atomic E-state index is 0.0296. The third kappa shape index (κ3) is 3.08. The number of carbonyl (C=O) groups is 1. The van der Waals surface area contributed by atoms with Crippen LogP contribution in [0, 0.1) is 17.1 Å². The van der Waals surface area contributed by atoms with Crippen LogP contribution in [0.3, 0.4) is 0 Å². The normalized spacial score (nSPS) is 10.6. The number of nitriles is 1. The van der Waals surface area contributed by atoms with E-state index in [1.807, 2.05) is 0 Å². The third-order valence-corrected chi connectivity index (χ3v) is 1.86. The molecule has 0 unspecified atom stereocenters. The van der Waals surface area contributed by atoms with E-state index in [1.54, 1.807) is 6.07 Å². The summed E-state index contributed by atoms with van der Waals surface area (Å²) < 4.78 is 12.7. The standard InChI is InChI=1S/C10H6ClFN2O/c11-9-3-8(1-2-10(9)12)14-5-7(4-13)6-15/h1-3,5-6,14H/b7-5-. The molecule has 0 atom stereocenters. The maximum atomic E-state index is 12.7. The summed E-state index contributed by atoms with van der Waals surface area (Å²) in [6.45, 7) is 0. The van der Waals surface area contributed by atoms with Crippen molar-refractivity contribution < 1.29 is 9.18 Å². The summed E-state index contributed by atoms with van der Waals surface area (Å²) in [7, 11) is 0. The number of halogens is 2. The molecule has 76 valence electrons. The Morgan fingerprint density at radius 1 is 1.60 bits per heavy atom. The van der Waals surface area contributed by atoms with Gasteiger partial charge in [0.15, 0.2) is 6.29 Å². The molecule has 0 spiro atoms. The van der Waals surface area contributed by atoms with Crippen LogP contribution in [0.5, 0.6) is 0 Å². The van der Waals surface area contributed by atoms with Crippen LogP contribution < -0.4 is 5.32 Å². The van der Waals surface area contributed by atoms with Crippen LogP contribution in [0.1, 0.15) is 0 Å². The van der Waals surface area contributed by atoms with Crippen molar-refractivity contribution in [2.45, 2.75) is 0 Å². The lowest BCUT2D eigenvalue weighted by Crippen LogP contribution is -1.92. The van der Waals surface area contributed by atoms with Crippen molar-refractivity contribution in [3.8, 4) is 6.07 Å². The molecular weight excluding hydrogens is 219 g/mol. The van der Waals surface area contributed by atoms with Gasteiger partial charge in [-0.15, -0.1) is 0 Å². The lowest BCUT2D eigenvalue weighted by Gasteiger charge is -2.01. The van der Waals surface area contributed by atoms with Crippen LogP contribution in [-0.4, -0.2) is 6.29 Å². The largest absolute Gasteiger partial charge is 0.360 e. The molecule has 1 rings (SSSR count). The summed E-state index contributed by atoms with van der Waals surface area (Å²) >= 11 is 5.53. The van der Waals surface area contributed by atoms with Crippen LogP contribution in [0.4, 0.5) is 10.1 Å². The van der Waals surface area contributed by atoms with Gasteiger partial charge in [0.05, 0.1) is 5.02 Å². The van der Waals surface area contributed by atoms with Crippen molar-refractivity contribution in [1.29, 1.82) is 5.26 Å². The zero-order chi connectivity index (χ0) is 11.3. The van der Waals surface area contributed by atoms with Crippen molar-refractivity contribution >= 4 is 23.6 Å². The Kier molecular flexibility index (Phi) is 3.83. The molecule has 0 saturated carbocycles. The SMILES string of the molecule is N#C/C(C=O)=C/Nc1ccc(F)c(Cl)c1. The highest BCUT2D eigenvalue weighted by molar-refractivity contribution is 6.31. The summed E-state index contributed by atoms with van der Waals surface area (Å²) in [6, 6.07) is 5.65. The van der Waals surface area contributed by atoms with Gasteiger partial charge in [-0.05, 0) is 18.2 Å². The lowest BCUT2D eigenvalue weighted by molar-refractivity contribution is -0.104. The van der Waals surface area contributed by atoms with Gasteiger partial charge in [0.2, 0.25) is 0 Å². The smallest absolute Gasteiger partial charge is 0.162 e. The zero-order valence-electron chi connectivity index (χ0n) is 7.50. The quantitative estimate of drug-likeness (QED) is 0.488. The fourth-order valence-electron chi connectivity index (χ4n) is 0.840. The van der Waals surface area contributed by atoms with Crippen molar-refractivity contribution in [1.82, 2.24) is 0 Å². The van der Waals surface area contributed by atoms with Crippen LogP contribution in [-0.2, 0) is 4.79 Å². The van der Waals surface area contributed by atoms with Gasteiger partial charge in [0, 0.05) is 11.9 Å². The predicted molar refractivity (Wildman–Crippen MR) is 54.8 cm³/mol. The van der Waals surface area contributed by atoms with Gasteiger partial charge in [-0.3, -0.25) is 4.79 Å². The number of benzene rings is 1. The van der Waals surface area contributed by atoms with Crippen LogP contribution in [0.15, 0.2) is 30.0 Å². The van der Waals surface area contributed by atoms with Gasteiger partial charge in [0.25, 0.3) is 0 Å². The van der Waals surface area contributed by atoms with Crippen LogP contribution >= 0.6 is 11.6 Å². The van der Waals surface area contributed by atoms with Gasteiger partial charge in [-0.2, -0.15) is 5.26 Å². The molecule has 1 N–H and O–H groups in total. The summed E-state index contributed by atoms with van der Waals surface area (Å²) in [5, 5.41) is 11.0. The van der Waals surface area contributed by atoms with Crippen molar-refractivity contribution in [2.75, 3.05) is 5.32 Å². The summed E-state index contributed by atoms with van der Waals surface area (Å²) in [6.07, 6.45) is 1.63. The molecule has 0 aliphatic heterocycles. The molecule has 0 aromatic heterocycles. The summed E-state index contributed by atoms with van der Waals surface area (Å²) in [4.78, 5) is 10.3. The maximum Gasteiger partial charge on any atom is 0.162 e. The molecule has 0 heterocycles. The molecule has 0 aliphatic rings. The molecule has 5 heteroatoms. The van der Waals surface area contributed by atoms with E-state index >= 15 is 0 Å². The number of rotatable bonds is 3. The van der Waals surface area contributed by atoms with E-state index in [0.29, 0.717) is 12.0 Å². The first-order valence-electron chi connectivity index (χ1n) is 3.94. The number of carbonyl (C=O) groups excluding carboxylic acids is 1. The van der Waals surface area contributed by atoms with Crippen molar-refractivity contribution in [3.05, 3.63) is 40.8 Å². The number of hydrogen-bond donors (Lipinski definition) is 1. The first-order chi connectivity index (χ1) is 7.17. The number of anilines is 1. The number of allylic oxidation sites excluding steroid dienone is 1. The minimum atomic E-state index is -0.526. The Balaban J connectivity index is 2.83. The van der Waals surface area contributed by atoms with E-state index in [4.69, 9.17) is 16.9 Å². The van der Waals surface area contributed by atoms with Gasteiger partial charge in [-0.25, -0.2) is 4.39 Å². The Morgan fingerprint density at radius 3 is 2.87 bits per heavy atom. The number of hydrogen-bond acceptors (Lipinski definition) is 3. The van der Waals surface area contributed by atoms with Crippen molar-refractivity contribution in [3.63, 3.8) is 0 Å². The number of nitrogens with zero attached hydrogens (tertiary/aromatic N) is 1. The number of aldehydes is 1. The monoisotopic (exact) mass is 224 g/mol. The Labute approximate surface area is 90.8 Å². The molecule has 15 heavy (non-hydrogen) atoms. The molecule has 3 nitrogen and oxygen atoms in total. The Hall–Kier alpha value is -1.86. The molecule has 0 radical (unpaired) electrons. The molecule has 0 saturated heterocycles. The fourth-order valence-corrected chi connectivity index (χ4v) is 1.02. The molecule has 0 aliphatic carbocycles. The molecule has 1 aromatic rings. The second-order valence-electron chi connectivity index (χ2n) is 2.60. The molecule has 0 bridgehead atoms.